The minimum atomic E-state index is -4.62. The zero-order valence-corrected chi connectivity index (χ0v) is 11.3. The molecule has 0 aliphatic heterocycles. The van der Waals surface area contributed by atoms with Crippen molar-refractivity contribution in [1.29, 1.82) is 0 Å². The summed E-state index contributed by atoms with van der Waals surface area (Å²) in [6.45, 7) is 0. The van der Waals surface area contributed by atoms with Gasteiger partial charge in [0.15, 0.2) is 0 Å². The number of aromatic nitrogens is 1. The van der Waals surface area contributed by atoms with Gasteiger partial charge in [0.25, 0.3) is 0 Å². The fraction of sp³-hybridized carbons (Fsp3) is 0.214. The highest BCUT2D eigenvalue weighted by Gasteiger charge is 2.35. The van der Waals surface area contributed by atoms with Gasteiger partial charge in [-0.3, -0.25) is 4.98 Å². The van der Waals surface area contributed by atoms with Gasteiger partial charge in [0.05, 0.1) is 16.7 Å². The molecule has 1 unspecified atom stereocenters. The van der Waals surface area contributed by atoms with Crippen molar-refractivity contribution in [3.8, 4) is 0 Å². The maximum atomic E-state index is 13.7. The summed E-state index contributed by atoms with van der Waals surface area (Å²) in [5.41, 5.74) is -1.36. The Morgan fingerprint density at radius 2 is 1.95 bits per heavy atom. The van der Waals surface area contributed by atoms with E-state index in [1.165, 1.54) is 18.2 Å². The van der Waals surface area contributed by atoms with E-state index < -0.39 is 29.2 Å². The molecule has 21 heavy (non-hydrogen) atoms. The Labute approximate surface area is 123 Å². The average molecular weight is 320 g/mol. The van der Waals surface area contributed by atoms with Gasteiger partial charge in [0, 0.05) is 24.4 Å². The molecule has 7 heteroatoms. The molecule has 1 N–H and O–H groups in total. The van der Waals surface area contributed by atoms with Gasteiger partial charge in [-0.25, -0.2) is 4.39 Å². The molecule has 2 rings (SSSR count). The number of nitrogens with zero attached hydrogens (tertiary/aromatic N) is 1. The first-order chi connectivity index (χ1) is 9.80. The Bertz CT molecular complexity index is 645. The normalized spacial score (nSPS) is 13.2. The molecule has 112 valence electrons. The van der Waals surface area contributed by atoms with E-state index >= 15 is 0 Å². The summed E-state index contributed by atoms with van der Waals surface area (Å²) in [7, 11) is 0. The third-order valence-electron chi connectivity index (χ3n) is 2.96. The summed E-state index contributed by atoms with van der Waals surface area (Å²) in [6, 6.07) is 4.90. The van der Waals surface area contributed by atoms with Crippen molar-refractivity contribution >= 4 is 11.6 Å². The van der Waals surface area contributed by atoms with Crippen LogP contribution in [0.4, 0.5) is 17.6 Å². The smallest absolute Gasteiger partial charge is 0.388 e. The van der Waals surface area contributed by atoms with E-state index in [0.29, 0.717) is 0 Å². The molecule has 0 amide bonds. The number of aliphatic hydroxyl groups is 1. The Morgan fingerprint density at radius 1 is 1.24 bits per heavy atom. The first kappa shape index (κ1) is 15.7. The van der Waals surface area contributed by atoms with Crippen LogP contribution in [-0.2, 0) is 12.6 Å². The molecule has 0 bridgehead atoms. The third kappa shape index (κ3) is 3.51. The largest absolute Gasteiger partial charge is 0.416 e. The van der Waals surface area contributed by atoms with E-state index in [0.717, 1.165) is 18.5 Å². The molecule has 0 spiro atoms. The molecule has 1 aromatic carbocycles. The fourth-order valence-electron chi connectivity index (χ4n) is 1.95. The van der Waals surface area contributed by atoms with E-state index in [4.69, 9.17) is 11.6 Å². The van der Waals surface area contributed by atoms with Crippen LogP contribution in [0.3, 0.4) is 0 Å². The lowest BCUT2D eigenvalue weighted by molar-refractivity contribution is -0.139. The number of halogens is 5. The molecule has 0 saturated heterocycles. The molecule has 2 nitrogen and oxygen atoms in total. The van der Waals surface area contributed by atoms with Crippen LogP contribution in [-0.4, -0.2) is 10.1 Å². The lowest BCUT2D eigenvalue weighted by atomic mass is 9.98. The highest BCUT2D eigenvalue weighted by molar-refractivity contribution is 6.30. The minimum absolute atomic E-state index is 0.0342. The second-order valence-corrected chi connectivity index (χ2v) is 4.80. The van der Waals surface area contributed by atoms with Crippen molar-refractivity contribution in [3.63, 3.8) is 0 Å². The topological polar surface area (TPSA) is 33.1 Å². The number of aliphatic hydroxyl groups excluding tert-OH is 1. The Hall–Kier alpha value is -1.66. The van der Waals surface area contributed by atoms with Crippen LogP contribution in [0.2, 0.25) is 5.02 Å². The van der Waals surface area contributed by atoms with Gasteiger partial charge in [-0.1, -0.05) is 23.7 Å². The summed E-state index contributed by atoms with van der Waals surface area (Å²) in [6.07, 6.45) is -4.58. The number of pyridine rings is 1. The van der Waals surface area contributed by atoms with Crippen molar-refractivity contribution in [3.05, 3.63) is 64.2 Å². The van der Waals surface area contributed by atoms with Crippen molar-refractivity contribution < 1.29 is 22.7 Å². The molecule has 0 aliphatic rings. The molecule has 1 atom stereocenters. The number of rotatable bonds is 3. The lowest BCUT2D eigenvalue weighted by Gasteiger charge is -2.17. The monoisotopic (exact) mass is 319 g/mol. The quantitative estimate of drug-likeness (QED) is 0.861. The minimum Gasteiger partial charge on any atom is -0.388 e. The van der Waals surface area contributed by atoms with Gasteiger partial charge in [-0.15, -0.1) is 0 Å². The van der Waals surface area contributed by atoms with Crippen LogP contribution in [0.5, 0.6) is 0 Å². The van der Waals surface area contributed by atoms with Gasteiger partial charge >= 0.3 is 6.18 Å². The molecule has 0 fully saturated rings. The fourth-order valence-corrected chi connectivity index (χ4v) is 2.15. The van der Waals surface area contributed by atoms with E-state index in [1.54, 1.807) is 0 Å². The number of hydrogen-bond acceptors (Lipinski definition) is 2. The SMILES string of the molecule is OC(Cc1cccc(Cl)c1F)c1cnccc1C(F)(F)F. The van der Waals surface area contributed by atoms with Crippen LogP contribution in [0.1, 0.15) is 22.8 Å². The second kappa shape index (κ2) is 5.99. The Balaban J connectivity index is 2.33. The van der Waals surface area contributed by atoms with Gasteiger partial charge in [-0.2, -0.15) is 13.2 Å². The third-order valence-corrected chi connectivity index (χ3v) is 3.25. The maximum absolute atomic E-state index is 13.7. The van der Waals surface area contributed by atoms with Crippen molar-refractivity contribution in [2.45, 2.75) is 18.7 Å². The van der Waals surface area contributed by atoms with E-state index in [-0.39, 0.29) is 17.0 Å². The lowest BCUT2D eigenvalue weighted by Crippen LogP contribution is -2.14. The highest BCUT2D eigenvalue weighted by atomic mass is 35.5. The summed E-state index contributed by atoms with van der Waals surface area (Å²) >= 11 is 5.60. The zero-order chi connectivity index (χ0) is 15.6. The summed E-state index contributed by atoms with van der Waals surface area (Å²) in [5.74, 6) is -0.754. The molecule has 0 radical (unpaired) electrons. The van der Waals surface area contributed by atoms with Crippen LogP contribution in [0.15, 0.2) is 36.7 Å². The van der Waals surface area contributed by atoms with Crippen molar-refractivity contribution in [2.24, 2.45) is 0 Å². The summed E-state index contributed by atoms with van der Waals surface area (Å²) in [4.78, 5) is 3.58. The first-order valence-corrected chi connectivity index (χ1v) is 6.30. The van der Waals surface area contributed by atoms with Crippen LogP contribution in [0.25, 0.3) is 0 Å². The molecule has 0 aliphatic carbocycles. The maximum Gasteiger partial charge on any atom is 0.416 e. The van der Waals surface area contributed by atoms with E-state index in [9.17, 15) is 22.7 Å². The standard InChI is InChI=1S/C14H10ClF4NO/c15-11-3-1-2-8(13(11)16)6-12(21)9-7-20-5-4-10(9)14(17,18)19/h1-5,7,12,21H,6H2. The Kier molecular flexibility index (Phi) is 4.49. The highest BCUT2D eigenvalue weighted by Crippen LogP contribution is 2.35. The van der Waals surface area contributed by atoms with Crippen molar-refractivity contribution in [2.75, 3.05) is 0 Å². The van der Waals surface area contributed by atoms with Crippen LogP contribution in [0, 0.1) is 5.82 Å². The predicted molar refractivity (Wildman–Crippen MR) is 69.3 cm³/mol. The number of alkyl halides is 3. The molecule has 0 saturated carbocycles. The average Bonchev–Trinajstić information content (AvgIpc) is 2.43. The van der Waals surface area contributed by atoms with Gasteiger partial charge < -0.3 is 5.11 Å². The number of benzene rings is 1. The van der Waals surface area contributed by atoms with Crippen LogP contribution >= 0.6 is 11.6 Å². The molecular formula is C14H10ClF4NO. The van der Waals surface area contributed by atoms with Gasteiger partial charge in [-0.05, 0) is 17.7 Å². The molecule has 2 aromatic rings. The number of hydrogen-bond donors (Lipinski definition) is 1. The van der Waals surface area contributed by atoms with E-state index in [2.05, 4.69) is 4.98 Å². The van der Waals surface area contributed by atoms with Gasteiger partial charge in [0.1, 0.15) is 5.82 Å². The Morgan fingerprint density at radius 3 is 2.62 bits per heavy atom. The van der Waals surface area contributed by atoms with Crippen LogP contribution < -0.4 is 0 Å². The molecule has 1 heterocycles. The summed E-state index contributed by atoms with van der Waals surface area (Å²) in [5, 5.41) is 9.83. The molecular weight excluding hydrogens is 310 g/mol. The first-order valence-electron chi connectivity index (χ1n) is 5.92. The second-order valence-electron chi connectivity index (χ2n) is 4.39. The van der Waals surface area contributed by atoms with E-state index in [1.807, 2.05) is 0 Å². The van der Waals surface area contributed by atoms with Gasteiger partial charge in [0.2, 0.25) is 0 Å². The van der Waals surface area contributed by atoms with Crippen molar-refractivity contribution in [1.82, 2.24) is 4.98 Å². The molecule has 1 aromatic heterocycles. The summed E-state index contributed by atoms with van der Waals surface area (Å²) < 4.78 is 52.3. The predicted octanol–water partition coefficient (Wildman–Crippen LogP) is 4.17. The zero-order valence-electron chi connectivity index (χ0n) is 10.5.